The van der Waals surface area contributed by atoms with Crippen molar-refractivity contribution in [2.24, 2.45) is 0 Å². The fourth-order valence-corrected chi connectivity index (χ4v) is 1.89. The van der Waals surface area contributed by atoms with Crippen LogP contribution in [0.1, 0.15) is 11.1 Å². The minimum Gasteiger partial charge on any atom is -0.493 e. The summed E-state index contributed by atoms with van der Waals surface area (Å²) in [7, 11) is 3.02. The number of carbonyl (C=O) groups is 1. The molecule has 0 radical (unpaired) electrons. The second-order valence-corrected chi connectivity index (χ2v) is 4.66. The molecule has 2 rings (SSSR count). The third kappa shape index (κ3) is 3.88. The van der Waals surface area contributed by atoms with Crippen LogP contribution in [0, 0.1) is 6.92 Å². The van der Waals surface area contributed by atoms with Gasteiger partial charge in [0.2, 0.25) is 5.75 Å². The van der Waals surface area contributed by atoms with Gasteiger partial charge in [-0.15, -0.1) is 0 Å². The van der Waals surface area contributed by atoms with Crippen LogP contribution < -0.4 is 14.2 Å². The van der Waals surface area contributed by atoms with Crippen LogP contribution in [0.5, 0.6) is 17.2 Å². The van der Waals surface area contributed by atoms with Gasteiger partial charge in [-0.3, -0.25) is 0 Å². The lowest BCUT2D eigenvalue weighted by Crippen LogP contribution is -2.06. The summed E-state index contributed by atoms with van der Waals surface area (Å²) < 4.78 is 15.7. The zero-order chi connectivity index (χ0) is 15.9. The average Bonchev–Trinajstić information content (AvgIpc) is 2.54. The molecule has 0 aromatic heterocycles. The van der Waals surface area contributed by atoms with Gasteiger partial charge in [-0.25, -0.2) is 4.79 Å². The molecule has 4 nitrogen and oxygen atoms in total. The standard InChI is InChI=1S/C18H18O4/c1-13-7-9-14(10-8-13)11-12-17(19)22-18-15(20-2)5-4-6-16(18)21-3/h4-12H,1-3H3. The van der Waals surface area contributed by atoms with Gasteiger partial charge in [-0.05, 0) is 30.7 Å². The third-order valence-corrected chi connectivity index (χ3v) is 3.07. The van der Waals surface area contributed by atoms with Crippen LogP contribution in [0.25, 0.3) is 6.08 Å². The average molecular weight is 298 g/mol. The normalized spacial score (nSPS) is 10.5. The number of para-hydroxylation sites is 1. The molecule has 0 aliphatic rings. The Morgan fingerprint density at radius 3 is 2.09 bits per heavy atom. The summed E-state index contributed by atoms with van der Waals surface area (Å²) in [5, 5.41) is 0. The Bertz CT molecular complexity index is 650. The molecule has 0 fully saturated rings. The number of benzene rings is 2. The van der Waals surface area contributed by atoms with Gasteiger partial charge in [0.05, 0.1) is 14.2 Å². The van der Waals surface area contributed by atoms with E-state index in [2.05, 4.69) is 0 Å². The highest BCUT2D eigenvalue weighted by Gasteiger charge is 2.13. The molecular formula is C18H18O4. The second-order valence-electron chi connectivity index (χ2n) is 4.66. The summed E-state index contributed by atoms with van der Waals surface area (Å²) in [6, 6.07) is 13.0. The van der Waals surface area contributed by atoms with Crippen molar-refractivity contribution in [2.75, 3.05) is 14.2 Å². The lowest BCUT2D eigenvalue weighted by molar-refractivity contribution is -0.129. The highest BCUT2D eigenvalue weighted by atomic mass is 16.6. The molecule has 0 aliphatic carbocycles. The lowest BCUT2D eigenvalue weighted by atomic mass is 10.1. The molecule has 4 heteroatoms. The van der Waals surface area contributed by atoms with Crippen molar-refractivity contribution in [3.8, 4) is 17.2 Å². The van der Waals surface area contributed by atoms with Crippen LogP contribution >= 0.6 is 0 Å². The van der Waals surface area contributed by atoms with Gasteiger partial charge in [0, 0.05) is 6.08 Å². The first-order chi connectivity index (χ1) is 10.6. The van der Waals surface area contributed by atoms with Gasteiger partial charge in [0.25, 0.3) is 0 Å². The Hall–Kier alpha value is -2.75. The number of methoxy groups -OCH3 is 2. The summed E-state index contributed by atoms with van der Waals surface area (Å²) in [6.07, 6.45) is 3.07. The van der Waals surface area contributed by atoms with E-state index >= 15 is 0 Å². The molecule has 2 aromatic carbocycles. The van der Waals surface area contributed by atoms with Gasteiger partial charge in [0.1, 0.15) is 0 Å². The fourth-order valence-electron chi connectivity index (χ4n) is 1.89. The molecule has 114 valence electrons. The maximum atomic E-state index is 12.0. The molecule has 0 N–H and O–H groups in total. The minimum atomic E-state index is -0.497. The Morgan fingerprint density at radius 1 is 0.955 bits per heavy atom. The van der Waals surface area contributed by atoms with Crippen molar-refractivity contribution in [2.45, 2.75) is 6.92 Å². The third-order valence-electron chi connectivity index (χ3n) is 3.07. The van der Waals surface area contributed by atoms with Crippen LogP contribution in [0.3, 0.4) is 0 Å². The van der Waals surface area contributed by atoms with E-state index in [-0.39, 0.29) is 5.75 Å². The summed E-state index contributed by atoms with van der Waals surface area (Å²) in [4.78, 5) is 12.0. The predicted molar refractivity (Wildman–Crippen MR) is 85.4 cm³/mol. The Labute approximate surface area is 129 Å². The maximum Gasteiger partial charge on any atom is 0.336 e. The van der Waals surface area contributed by atoms with E-state index in [4.69, 9.17) is 14.2 Å². The van der Waals surface area contributed by atoms with Gasteiger partial charge >= 0.3 is 5.97 Å². The number of rotatable bonds is 5. The molecule has 0 bridgehead atoms. The van der Waals surface area contributed by atoms with Gasteiger partial charge in [0.15, 0.2) is 11.5 Å². The minimum absolute atomic E-state index is 0.269. The maximum absolute atomic E-state index is 12.0. The van der Waals surface area contributed by atoms with Crippen LogP contribution in [0.2, 0.25) is 0 Å². The van der Waals surface area contributed by atoms with Crippen molar-refractivity contribution in [3.63, 3.8) is 0 Å². The van der Waals surface area contributed by atoms with Crippen molar-refractivity contribution >= 4 is 12.0 Å². The van der Waals surface area contributed by atoms with E-state index in [1.54, 1.807) is 24.3 Å². The molecule has 0 unspecified atom stereocenters. The Morgan fingerprint density at radius 2 is 1.55 bits per heavy atom. The van der Waals surface area contributed by atoms with E-state index in [1.807, 2.05) is 31.2 Å². The monoisotopic (exact) mass is 298 g/mol. The van der Waals surface area contributed by atoms with Crippen molar-refractivity contribution in [3.05, 3.63) is 59.7 Å². The summed E-state index contributed by atoms with van der Waals surface area (Å²) >= 11 is 0. The van der Waals surface area contributed by atoms with Crippen LogP contribution in [0.15, 0.2) is 48.5 Å². The van der Waals surface area contributed by atoms with Crippen LogP contribution in [-0.4, -0.2) is 20.2 Å². The van der Waals surface area contributed by atoms with E-state index in [9.17, 15) is 4.79 Å². The largest absolute Gasteiger partial charge is 0.493 e. The fraction of sp³-hybridized carbons (Fsp3) is 0.167. The molecule has 0 amide bonds. The Balaban J connectivity index is 2.13. The van der Waals surface area contributed by atoms with Crippen LogP contribution in [0.4, 0.5) is 0 Å². The van der Waals surface area contributed by atoms with Crippen molar-refractivity contribution in [1.82, 2.24) is 0 Å². The van der Waals surface area contributed by atoms with Gasteiger partial charge < -0.3 is 14.2 Å². The summed E-state index contributed by atoms with van der Waals surface area (Å²) in [5.41, 5.74) is 2.09. The first-order valence-electron chi connectivity index (χ1n) is 6.81. The first kappa shape index (κ1) is 15.6. The number of hydrogen-bond donors (Lipinski definition) is 0. The number of esters is 1. The number of aryl methyl sites for hydroxylation is 1. The quantitative estimate of drug-likeness (QED) is 0.480. The molecular weight excluding hydrogens is 280 g/mol. The molecule has 22 heavy (non-hydrogen) atoms. The van der Waals surface area contributed by atoms with E-state index < -0.39 is 5.97 Å². The van der Waals surface area contributed by atoms with E-state index in [1.165, 1.54) is 25.9 Å². The van der Waals surface area contributed by atoms with Crippen LogP contribution in [-0.2, 0) is 4.79 Å². The van der Waals surface area contributed by atoms with Gasteiger partial charge in [-0.1, -0.05) is 35.9 Å². The predicted octanol–water partition coefficient (Wildman–Crippen LogP) is 3.63. The zero-order valence-electron chi connectivity index (χ0n) is 12.8. The zero-order valence-corrected chi connectivity index (χ0v) is 12.8. The highest BCUT2D eigenvalue weighted by Crippen LogP contribution is 2.36. The second kappa shape index (κ2) is 7.31. The highest BCUT2D eigenvalue weighted by molar-refractivity contribution is 5.89. The SMILES string of the molecule is COc1cccc(OC)c1OC(=O)C=Cc1ccc(C)cc1. The molecule has 2 aromatic rings. The molecule has 0 atom stereocenters. The van der Waals surface area contributed by atoms with E-state index in [0.29, 0.717) is 11.5 Å². The topological polar surface area (TPSA) is 44.8 Å². The number of hydrogen-bond acceptors (Lipinski definition) is 4. The summed E-state index contributed by atoms with van der Waals surface area (Å²) in [6.45, 7) is 2.01. The summed E-state index contributed by atoms with van der Waals surface area (Å²) in [5.74, 6) is 0.655. The molecule has 0 saturated heterocycles. The molecule has 0 saturated carbocycles. The first-order valence-corrected chi connectivity index (χ1v) is 6.81. The van der Waals surface area contributed by atoms with Crippen molar-refractivity contribution < 1.29 is 19.0 Å². The lowest BCUT2D eigenvalue weighted by Gasteiger charge is -2.11. The number of ether oxygens (including phenoxy) is 3. The molecule has 0 aliphatic heterocycles. The van der Waals surface area contributed by atoms with Gasteiger partial charge in [-0.2, -0.15) is 0 Å². The Kier molecular flexibility index (Phi) is 5.20. The number of carbonyl (C=O) groups excluding carboxylic acids is 1. The molecule has 0 spiro atoms. The van der Waals surface area contributed by atoms with Crippen molar-refractivity contribution in [1.29, 1.82) is 0 Å². The smallest absolute Gasteiger partial charge is 0.336 e. The molecule has 0 heterocycles. The van der Waals surface area contributed by atoms with E-state index in [0.717, 1.165) is 5.56 Å².